The Morgan fingerprint density at radius 3 is 2.47 bits per heavy atom. The molecular formula is C26H23ClN4O3. The number of ether oxygens (including phenoxy) is 1. The third-order valence-corrected chi connectivity index (χ3v) is 6.27. The number of halogens is 1. The molecule has 1 fully saturated rings. The van der Waals surface area contributed by atoms with Crippen LogP contribution in [0, 0.1) is 0 Å². The lowest BCUT2D eigenvalue weighted by molar-refractivity contribution is -0.131. The first kappa shape index (κ1) is 22.0. The number of piperazine rings is 1. The molecule has 7 nitrogen and oxygen atoms in total. The highest BCUT2D eigenvalue weighted by atomic mass is 35.5. The maximum Gasteiger partial charge on any atom is 0.294 e. The van der Waals surface area contributed by atoms with E-state index in [0.29, 0.717) is 48.2 Å². The van der Waals surface area contributed by atoms with Gasteiger partial charge in [-0.15, -0.1) is 0 Å². The van der Waals surface area contributed by atoms with Crippen molar-refractivity contribution in [3.05, 3.63) is 89.3 Å². The minimum Gasteiger partial charge on any atom is -0.449 e. The zero-order chi connectivity index (χ0) is 23.5. The van der Waals surface area contributed by atoms with Crippen LogP contribution in [0.2, 0.25) is 5.02 Å². The van der Waals surface area contributed by atoms with Crippen molar-refractivity contribution < 1.29 is 14.3 Å². The summed E-state index contributed by atoms with van der Waals surface area (Å²) < 4.78 is 5.90. The average Bonchev–Trinajstić information content (AvgIpc) is 2.88. The van der Waals surface area contributed by atoms with Crippen molar-refractivity contribution in [2.45, 2.75) is 0 Å². The van der Waals surface area contributed by atoms with Crippen LogP contribution in [0.3, 0.4) is 0 Å². The Kier molecular flexibility index (Phi) is 6.18. The number of rotatable bonds is 4. The van der Waals surface area contributed by atoms with E-state index in [1.165, 1.54) is 4.90 Å². The van der Waals surface area contributed by atoms with Gasteiger partial charge in [0.05, 0.1) is 5.69 Å². The van der Waals surface area contributed by atoms with E-state index in [2.05, 4.69) is 9.88 Å². The van der Waals surface area contributed by atoms with Crippen LogP contribution in [0.5, 0.6) is 5.75 Å². The van der Waals surface area contributed by atoms with Crippen molar-refractivity contribution >= 4 is 41.0 Å². The van der Waals surface area contributed by atoms with E-state index in [9.17, 15) is 9.59 Å². The topological polar surface area (TPSA) is 66.0 Å². The summed E-state index contributed by atoms with van der Waals surface area (Å²) in [7, 11) is 0. The Bertz CT molecular complexity index is 1240. The van der Waals surface area contributed by atoms with E-state index in [4.69, 9.17) is 16.3 Å². The molecule has 2 amide bonds. The minimum atomic E-state index is -0.376. The molecule has 1 saturated heterocycles. The molecule has 0 unspecified atom stereocenters. The smallest absolute Gasteiger partial charge is 0.294 e. The number of carbonyl (C=O) groups is 2. The Morgan fingerprint density at radius 2 is 1.71 bits per heavy atom. The number of aromatic nitrogens is 1. The Labute approximate surface area is 202 Å². The Balaban J connectivity index is 1.33. The third-order valence-electron chi connectivity index (χ3n) is 5.92. The number of amides is 2. The number of para-hydroxylation sites is 2. The number of hydrogen-bond acceptors (Lipinski definition) is 5. The second-order valence-corrected chi connectivity index (χ2v) is 8.45. The van der Waals surface area contributed by atoms with Gasteiger partial charge in [-0.1, -0.05) is 48.0 Å². The van der Waals surface area contributed by atoms with Crippen LogP contribution in [0.4, 0.5) is 11.5 Å². The molecule has 1 aromatic heterocycles. The first-order valence-corrected chi connectivity index (χ1v) is 11.5. The molecule has 0 aliphatic carbocycles. The van der Waals surface area contributed by atoms with E-state index >= 15 is 0 Å². The zero-order valence-corrected chi connectivity index (χ0v) is 19.2. The largest absolute Gasteiger partial charge is 0.449 e. The van der Waals surface area contributed by atoms with Gasteiger partial charge in [0.2, 0.25) is 5.91 Å². The molecule has 0 atom stereocenters. The first-order valence-electron chi connectivity index (χ1n) is 11.1. The van der Waals surface area contributed by atoms with Crippen molar-refractivity contribution in [3.63, 3.8) is 0 Å². The second kappa shape index (κ2) is 9.57. The molecule has 2 aliphatic rings. The van der Waals surface area contributed by atoms with Gasteiger partial charge in [-0.3, -0.25) is 14.5 Å². The summed E-state index contributed by atoms with van der Waals surface area (Å²) in [5, 5.41) is 0.513. The number of benzene rings is 2. The van der Waals surface area contributed by atoms with Gasteiger partial charge >= 0.3 is 0 Å². The summed E-state index contributed by atoms with van der Waals surface area (Å²) in [5.74, 6) is 1.07. The van der Waals surface area contributed by atoms with E-state index in [-0.39, 0.29) is 24.1 Å². The van der Waals surface area contributed by atoms with Crippen LogP contribution in [-0.4, -0.2) is 54.4 Å². The maximum absolute atomic E-state index is 13.4. The van der Waals surface area contributed by atoms with E-state index in [1.807, 2.05) is 48.5 Å². The number of fused-ring (bicyclic) bond motifs is 1. The summed E-state index contributed by atoms with van der Waals surface area (Å²) in [6.07, 6.45) is 3.38. The molecule has 0 saturated carbocycles. The molecule has 5 rings (SSSR count). The zero-order valence-electron chi connectivity index (χ0n) is 18.4. The fourth-order valence-electron chi connectivity index (χ4n) is 4.11. The highest BCUT2D eigenvalue weighted by Crippen LogP contribution is 2.36. The van der Waals surface area contributed by atoms with Crippen LogP contribution < -0.4 is 14.5 Å². The van der Waals surface area contributed by atoms with Crippen LogP contribution in [0.25, 0.3) is 6.08 Å². The first-order chi connectivity index (χ1) is 16.6. The number of anilines is 2. The van der Waals surface area contributed by atoms with E-state index in [1.54, 1.807) is 35.4 Å². The molecule has 0 radical (unpaired) electrons. The lowest BCUT2D eigenvalue weighted by Crippen LogP contribution is -2.52. The molecule has 3 aromatic rings. The lowest BCUT2D eigenvalue weighted by Gasteiger charge is -2.37. The standard InChI is InChI=1S/C26H23ClN4O3/c27-20-8-2-1-7-19(20)17-23-26(33)31(21-9-3-4-10-22(21)34-23)18-25(32)30-15-13-29(14-16-30)24-11-5-6-12-28-24/h1-12,17H,13-16,18H2/b23-17+. The van der Waals surface area contributed by atoms with Crippen LogP contribution in [0.1, 0.15) is 5.56 Å². The number of pyridine rings is 1. The quantitative estimate of drug-likeness (QED) is 0.537. The van der Waals surface area contributed by atoms with Crippen molar-refractivity contribution in [2.75, 3.05) is 42.5 Å². The second-order valence-electron chi connectivity index (χ2n) is 8.05. The molecule has 34 heavy (non-hydrogen) atoms. The normalized spacial score (nSPS) is 16.9. The monoisotopic (exact) mass is 474 g/mol. The Morgan fingerprint density at radius 1 is 0.971 bits per heavy atom. The van der Waals surface area contributed by atoms with Gasteiger partial charge in [0.15, 0.2) is 11.5 Å². The van der Waals surface area contributed by atoms with Gasteiger partial charge in [-0.25, -0.2) is 4.98 Å². The fourth-order valence-corrected chi connectivity index (χ4v) is 4.30. The molecule has 0 spiro atoms. The summed E-state index contributed by atoms with van der Waals surface area (Å²) in [4.78, 5) is 36.4. The van der Waals surface area contributed by atoms with Gasteiger partial charge in [0, 0.05) is 37.4 Å². The van der Waals surface area contributed by atoms with Crippen molar-refractivity contribution in [1.82, 2.24) is 9.88 Å². The van der Waals surface area contributed by atoms with E-state index in [0.717, 1.165) is 5.82 Å². The highest BCUT2D eigenvalue weighted by molar-refractivity contribution is 6.32. The average molecular weight is 475 g/mol. The van der Waals surface area contributed by atoms with Crippen molar-refractivity contribution in [3.8, 4) is 5.75 Å². The van der Waals surface area contributed by atoms with Gasteiger partial charge in [-0.05, 0) is 42.0 Å². The molecular weight excluding hydrogens is 452 g/mol. The number of hydrogen-bond donors (Lipinski definition) is 0. The number of carbonyl (C=O) groups excluding carboxylic acids is 2. The number of nitrogens with zero attached hydrogens (tertiary/aromatic N) is 4. The SMILES string of the molecule is O=C(CN1C(=O)/C(=C\c2ccccc2Cl)Oc2ccccc21)N1CCN(c2ccccn2)CC1. The molecule has 3 heterocycles. The predicted molar refractivity (Wildman–Crippen MR) is 132 cm³/mol. The molecule has 2 aliphatic heterocycles. The molecule has 172 valence electrons. The molecule has 2 aromatic carbocycles. The summed E-state index contributed by atoms with van der Waals surface area (Å²) in [5.41, 5.74) is 1.24. The molecule has 0 bridgehead atoms. The molecule has 8 heteroatoms. The van der Waals surface area contributed by atoms with Crippen LogP contribution in [0.15, 0.2) is 78.7 Å². The summed E-state index contributed by atoms with van der Waals surface area (Å²) in [6.45, 7) is 2.45. The lowest BCUT2D eigenvalue weighted by atomic mass is 10.1. The van der Waals surface area contributed by atoms with E-state index < -0.39 is 0 Å². The van der Waals surface area contributed by atoms with Crippen molar-refractivity contribution in [2.24, 2.45) is 0 Å². The Hall–Kier alpha value is -3.84. The van der Waals surface area contributed by atoms with Gasteiger partial charge in [-0.2, -0.15) is 0 Å². The van der Waals surface area contributed by atoms with Gasteiger partial charge in [0.1, 0.15) is 12.4 Å². The van der Waals surface area contributed by atoms with Gasteiger partial charge < -0.3 is 14.5 Å². The van der Waals surface area contributed by atoms with Crippen LogP contribution >= 0.6 is 11.6 Å². The predicted octanol–water partition coefficient (Wildman–Crippen LogP) is 3.85. The maximum atomic E-state index is 13.4. The van der Waals surface area contributed by atoms with Crippen molar-refractivity contribution in [1.29, 1.82) is 0 Å². The van der Waals surface area contributed by atoms with Gasteiger partial charge in [0.25, 0.3) is 5.91 Å². The third kappa shape index (κ3) is 4.47. The molecule has 0 N–H and O–H groups in total. The van der Waals surface area contributed by atoms with Crippen LogP contribution in [-0.2, 0) is 9.59 Å². The fraction of sp³-hybridized carbons (Fsp3) is 0.192. The highest BCUT2D eigenvalue weighted by Gasteiger charge is 2.33. The summed E-state index contributed by atoms with van der Waals surface area (Å²) >= 11 is 6.28. The minimum absolute atomic E-state index is 0.0668. The summed E-state index contributed by atoms with van der Waals surface area (Å²) in [6, 6.07) is 20.2.